The molecule has 2 aliphatic heterocycles. The number of aliphatic hydroxyl groups is 1. The molecular weight excluding hydrogens is 376 g/mol. The Morgan fingerprint density at radius 3 is 2.38 bits per heavy atom. The summed E-state index contributed by atoms with van der Waals surface area (Å²) in [5.74, 6) is -2.19. The van der Waals surface area contributed by atoms with Crippen molar-refractivity contribution < 1.29 is 33.6 Å². The van der Waals surface area contributed by atoms with Crippen molar-refractivity contribution >= 4 is 5.97 Å². The molecule has 0 bridgehead atoms. The first-order valence-electron chi connectivity index (χ1n) is 11.1. The number of esters is 1. The van der Waals surface area contributed by atoms with Crippen LogP contribution < -0.4 is 0 Å². The standard InChI is InChI=1S/C22H34O7/c1-15(2)19(23)25-14-16-13-17(27-21(24)9-5-3-6-10-21)18-20(26-16)29-22(28-18)11-7-4-8-12-22/h16-18,20,24H,1,3-14H2,2H3/t16-,17-,18-,20-/m0/s1. The molecule has 4 rings (SSSR count). The SMILES string of the molecule is C=C(C)C(=O)OC[C@@H]1C[C@H](OC2(O)CCCCC2)[C@@H]2OC3(CCCCC3)O[C@@H]2O1. The normalized spacial score (nSPS) is 35.8. The molecule has 164 valence electrons. The van der Waals surface area contributed by atoms with Crippen LogP contribution in [-0.2, 0) is 28.5 Å². The number of carbonyl (C=O) groups is 1. The number of fused-ring (bicyclic) bond motifs is 1. The van der Waals surface area contributed by atoms with Gasteiger partial charge in [-0.1, -0.05) is 19.4 Å². The highest BCUT2D eigenvalue weighted by molar-refractivity contribution is 5.86. The molecule has 0 amide bonds. The molecule has 7 nitrogen and oxygen atoms in total. The van der Waals surface area contributed by atoms with Crippen LogP contribution in [0.2, 0.25) is 0 Å². The third-order valence-electron chi connectivity index (χ3n) is 6.51. The van der Waals surface area contributed by atoms with Gasteiger partial charge in [-0.3, -0.25) is 0 Å². The van der Waals surface area contributed by atoms with Crippen LogP contribution in [0.25, 0.3) is 0 Å². The number of rotatable bonds is 5. The van der Waals surface area contributed by atoms with Crippen LogP contribution in [0.4, 0.5) is 0 Å². The molecule has 2 saturated carbocycles. The van der Waals surface area contributed by atoms with E-state index in [1.54, 1.807) is 6.92 Å². The number of hydrogen-bond acceptors (Lipinski definition) is 7. The van der Waals surface area contributed by atoms with Crippen LogP contribution in [0.15, 0.2) is 12.2 Å². The minimum absolute atomic E-state index is 0.101. The summed E-state index contributed by atoms with van der Waals surface area (Å²) in [6, 6.07) is 0. The summed E-state index contributed by atoms with van der Waals surface area (Å²) in [5.41, 5.74) is 0.351. The summed E-state index contributed by atoms with van der Waals surface area (Å²) in [7, 11) is 0. The second kappa shape index (κ2) is 8.63. The smallest absolute Gasteiger partial charge is 0.333 e. The Morgan fingerprint density at radius 2 is 1.72 bits per heavy atom. The quantitative estimate of drug-likeness (QED) is 0.423. The van der Waals surface area contributed by atoms with Gasteiger partial charge in [-0.25, -0.2) is 4.79 Å². The van der Waals surface area contributed by atoms with Crippen molar-refractivity contribution in [1.29, 1.82) is 0 Å². The van der Waals surface area contributed by atoms with Crippen molar-refractivity contribution in [3.63, 3.8) is 0 Å². The highest BCUT2D eigenvalue weighted by Crippen LogP contribution is 2.46. The second-order valence-electron chi connectivity index (χ2n) is 9.08. The van der Waals surface area contributed by atoms with Crippen LogP contribution in [0, 0.1) is 0 Å². The Balaban J connectivity index is 1.47. The fraction of sp³-hybridized carbons (Fsp3) is 0.864. The Bertz CT molecular complexity index is 606. The maximum atomic E-state index is 11.8. The van der Waals surface area contributed by atoms with Gasteiger partial charge in [0.05, 0.1) is 12.2 Å². The van der Waals surface area contributed by atoms with E-state index in [1.165, 1.54) is 6.42 Å². The molecule has 29 heavy (non-hydrogen) atoms. The fourth-order valence-electron chi connectivity index (χ4n) is 4.95. The van der Waals surface area contributed by atoms with Crippen molar-refractivity contribution in [2.24, 2.45) is 0 Å². The number of ether oxygens (including phenoxy) is 5. The van der Waals surface area contributed by atoms with E-state index in [4.69, 9.17) is 23.7 Å². The van der Waals surface area contributed by atoms with Gasteiger partial charge < -0.3 is 28.8 Å². The molecule has 0 aromatic heterocycles. The van der Waals surface area contributed by atoms with E-state index in [2.05, 4.69) is 6.58 Å². The van der Waals surface area contributed by atoms with Crippen LogP contribution in [0.5, 0.6) is 0 Å². The third-order valence-corrected chi connectivity index (χ3v) is 6.51. The summed E-state index contributed by atoms with van der Waals surface area (Å²) >= 11 is 0. The summed E-state index contributed by atoms with van der Waals surface area (Å²) in [5, 5.41) is 11.0. The molecular formula is C22H34O7. The Labute approximate surface area is 172 Å². The zero-order valence-electron chi connectivity index (χ0n) is 17.4. The summed E-state index contributed by atoms with van der Waals surface area (Å²) in [6.45, 7) is 5.33. The van der Waals surface area contributed by atoms with E-state index in [9.17, 15) is 9.90 Å². The second-order valence-corrected chi connectivity index (χ2v) is 9.08. The lowest BCUT2D eigenvalue weighted by molar-refractivity contribution is -0.295. The zero-order valence-corrected chi connectivity index (χ0v) is 17.4. The summed E-state index contributed by atoms with van der Waals surface area (Å²) in [4.78, 5) is 11.8. The van der Waals surface area contributed by atoms with E-state index in [0.717, 1.165) is 44.9 Å². The first kappa shape index (κ1) is 21.2. The first-order chi connectivity index (χ1) is 13.9. The van der Waals surface area contributed by atoms with Gasteiger partial charge in [0.25, 0.3) is 0 Å². The van der Waals surface area contributed by atoms with Crippen molar-refractivity contribution in [3.05, 3.63) is 12.2 Å². The lowest BCUT2D eigenvalue weighted by atomic mass is 9.93. The zero-order chi connectivity index (χ0) is 20.5. The predicted molar refractivity (Wildman–Crippen MR) is 104 cm³/mol. The molecule has 4 aliphatic rings. The average Bonchev–Trinajstić information content (AvgIpc) is 3.04. The molecule has 4 atom stereocenters. The minimum Gasteiger partial charge on any atom is -0.460 e. The number of carbonyl (C=O) groups excluding carboxylic acids is 1. The van der Waals surface area contributed by atoms with E-state index < -0.39 is 23.8 Å². The summed E-state index contributed by atoms with van der Waals surface area (Å²) < 4.78 is 30.3. The van der Waals surface area contributed by atoms with Gasteiger partial charge in [-0.05, 0) is 32.6 Å². The van der Waals surface area contributed by atoms with Gasteiger partial charge in [0.15, 0.2) is 17.9 Å². The van der Waals surface area contributed by atoms with Gasteiger partial charge in [0.1, 0.15) is 12.7 Å². The van der Waals surface area contributed by atoms with Crippen LogP contribution in [0.3, 0.4) is 0 Å². The minimum atomic E-state index is -1.13. The van der Waals surface area contributed by atoms with Crippen LogP contribution in [0.1, 0.15) is 77.6 Å². The Hall–Kier alpha value is -0.990. The average molecular weight is 411 g/mol. The maximum Gasteiger partial charge on any atom is 0.333 e. The molecule has 7 heteroatoms. The topological polar surface area (TPSA) is 83.5 Å². The predicted octanol–water partition coefficient (Wildman–Crippen LogP) is 3.33. The molecule has 0 unspecified atom stereocenters. The number of hydrogen-bond donors (Lipinski definition) is 1. The van der Waals surface area contributed by atoms with E-state index in [-0.39, 0.29) is 24.9 Å². The van der Waals surface area contributed by atoms with E-state index >= 15 is 0 Å². The molecule has 1 spiro atoms. The lowest BCUT2D eigenvalue weighted by Crippen LogP contribution is -2.53. The van der Waals surface area contributed by atoms with Crippen molar-refractivity contribution in [2.75, 3.05) is 6.61 Å². The van der Waals surface area contributed by atoms with Gasteiger partial charge in [-0.2, -0.15) is 0 Å². The van der Waals surface area contributed by atoms with Crippen molar-refractivity contribution in [2.45, 2.75) is 114 Å². The maximum absolute atomic E-state index is 11.8. The molecule has 4 fully saturated rings. The molecule has 0 radical (unpaired) electrons. The molecule has 2 heterocycles. The molecule has 2 aliphatic carbocycles. The van der Waals surface area contributed by atoms with Crippen molar-refractivity contribution in [1.82, 2.24) is 0 Å². The highest BCUT2D eigenvalue weighted by atomic mass is 16.8. The molecule has 0 aromatic rings. The lowest BCUT2D eigenvalue weighted by Gasteiger charge is -2.41. The Kier molecular flexibility index (Phi) is 6.33. The van der Waals surface area contributed by atoms with Crippen molar-refractivity contribution in [3.8, 4) is 0 Å². The first-order valence-corrected chi connectivity index (χ1v) is 11.1. The van der Waals surface area contributed by atoms with E-state index in [0.29, 0.717) is 24.8 Å². The third kappa shape index (κ3) is 4.85. The molecule has 1 N–H and O–H groups in total. The van der Waals surface area contributed by atoms with Gasteiger partial charge in [-0.15, -0.1) is 0 Å². The van der Waals surface area contributed by atoms with Gasteiger partial charge in [0, 0.05) is 37.7 Å². The fourth-order valence-corrected chi connectivity index (χ4v) is 4.95. The van der Waals surface area contributed by atoms with Crippen LogP contribution >= 0.6 is 0 Å². The van der Waals surface area contributed by atoms with Gasteiger partial charge >= 0.3 is 5.97 Å². The molecule has 2 saturated heterocycles. The van der Waals surface area contributed by atoms with Crippen LogP contribution in [-0.4, -0.2) is 53.9 Å². The monoisotopic (exact) mass is 410 g/mol. The Morgan fingerprint density at radius 1 is 1.07 bits per heavy atom. The highest BCUT2D eigenvalue weighted by Gasteiger charge is 2.56. The molecule has 0 aromatic carbocycles. The largest absolute Gasteiger partial charge is 0.460 e. The van der Waals surface area contributed by atoms with Gasteiger partial charge in [0.2, 0.25) is 0 Å². The summed E-state index contributed by atoms with van der Waals surface area (Å²) in [6.07, 6.45) is 8.05. The van der Waals surface area contributed by atoms with E-state index in [1.807, 2.05) is 0 Å².